The molecule has 67 valence electrons. The van der Waals surface area contributed by atoms with E-state index in [1.165, 1.54) is 0 Å². The van der Waals surface area contributed by atoms with Crippen LogP contribution in [-0.4, -0.2) is 9.55 Å². The molecule has 0 amide bonds. The molecule has 0 spiro atoms. The Balaban J connectivity index is 2.72. The maximum Gasteiger partial charge on any atom is 0.0963 e. The molecule has 0 saturated heterocycles. The molecule has 0 N–H and O–H groups in total. The van der Waals surface area contributed by atoms with Crippen LogP contribution in [0.15, 0.2) is 24.5 Å². The standard InChI is InChI=1S/C11H13N2/c1-11(2,3)13-8-12-9-6-4-5-7-10(9)13/h4,6-8H,1-3H3. The molecule has 2 rings (SSSR count). The van der Waals surface area contributed by atoms with Crippen molar-refractivity contribution in [2.45, 2.75) is 26.3 Å². The summed E-state index contributed by atoms with van der Waals surface area (Å²) in [5, 5.41) is 0. The van der Waals surface area contributed by atoms with Crippen LogP contribution < -0.4 is 0 Å². The molecule has 0 aliphatic rings. The van der Waals surface area contributed by atoms with Crippen molar-refractivity contribution < 1.29 is 0 Å². The van der Waals surface area contributed by atoms with Crippen LogP contribution in [0.4, 0.5) is 0 Å². The average molecular weight is 173 g/mol. The summed E-state index contributed by atoms with van der Waals surface area (Å²) in [5.74, 6) is 0. The highest BCUT2D eigenvalue weighted by atomic mass is 15.1. The Bertz CT molecular complexity index is 421. The lowest BCUT2D eigenvalue weighted by atomic mass is 10.1. The Morgan fingerprint density at radius 2 is 2.15 bits per heavy atom. The molecular weight excluding hydrogens is 160 g/mol. The lowest BCUT2D eigenvalue weighted by molar-refractivity contribution is 0.408. The third-order valence-corrected chi connectivity index (χ3v) is 2.11. The molecule has 0 fully saturated rings. The van der Waals surface area contributed by atoms with Crippen molar-refractivity contribution in [3.05, 3.63) is 30.6 Å². The number of benzene rings is 1. The fourth-order valence-electron chi connectivity index (χ4n) is 1.43. The minimum atomic E-state index is 0.0872. The normalized spacial score (nSPS) is 12.2. The molecule has 1 aromatic carbocycles. The third kappa shape index (κ3) is 1.32. The van der Waals surface area contributed by atoms with Gasteiger partial charge in [0.05, 0.1) is 17.4 Å². The number of fused-ring (bicyclic) bond motifs is 1. The fourth-order valence-corrected chi connectivity index (χ4v) is 1.43. The second-order valence-electron chi connectivity index (χ2n) is 4.20. The number of nitrogens with zero attached hydrogens (tertiary/aromatic N) is 2. The van der Waals surface area contributed by atoms with Crippen LogP contribution in [0, 0.1) is 6.07 Å². The highest BCUT2D eigenvalue weighted by molar-refractivity contribution is 5.75. The van der Waals surface area contributed by atoms with E-state index in [-0.39, 0.29) is 5.54 Å². The molecule has 1 radical (unpaired) electrons. The third-order valence-electron chi connectivity index (χ3n) is 2.11. The van der Waals surface area contributed by atoms with E-state index >= 15 is 0 Å². The smallest absolute Gasteiger partial charge is 0.0963 e. The molecule has 0 atom stereocenters. The lowest BCUT2D eigenvalue weighted by Gasteiger charge is -2.21. The van der Waals surface area contributed by atoms with Crippen LogP contribution in [0.25, 0.3) is 11.0 Å². The van der Waals surface area contributed by atoms with Gasteiger partial charge in [-0.15, -0.1) is 0 Å². The molecular formula is C11H13N2. The Kier molecular flexibility index (Phi) is 1.65. The van der Waals surface area contributed by atoms with E-state index in [4.69, 9.17) is 0 Å². The van der Waals surface area contributed by atoms with Crippen LogP contribution in [0.1, 0.15) is 20.8 Å². The van der Waals surface area contributed by atoms with Crippen molar-refractivity contribution in [2.24, 2.45) is 0 Å². The van der Waals surface area contributed by atoms with Gasteiger partial charge >= 0.3 is 0 Å². The molecule has 1 aromatic heterocycles. The predicted molar refractivity (Wildman–Crippen MR) is 53.6 cm³/mol. The number of aromatic nitrogens is 2. The predicted octanol–water partition coefficient (Wildman–Crippen LogP) is 2.59. The van der Waals surface area contributed by atoms with Gasteiger partial charge in [0, 0.05) is 5.54 Å². The summed E-state index contributed by atoms with van der Waals surface area (Å²) < 4.78 is 2.17. The van der Waals surface area contributed by atoms with E-state index in [9.17, 15) is 0 Å². The number of rotatable bonds is 0. The first-order chi connectivity index (χ1) is 6.09. The van der Waals surface area contributed by atoms with Gasteiger partial charge in [0.25, 0.3) is 0 Å². The summed E-state index contributed by atoms with van der Waals surface area (Å²) >= 11 is 0. The first kappa shape index (κ1) is 8.30. The van der Waals surface area contributed by atoms with Crippen molar-refractivity contribution in [1.29, 1.82) is 0 Å². The van der Waals surface area contributed by atoms with Crippen LogP contribution in [0.3, 0.4) is 0 Å². The summed E-state index contributed by atoms with van der Waals surface area (Å²) in [4.78, 5) is 4.33. The molecule has 13 heavy (non-hydrogen) atoms. The van der Waals surface area contributed by atoms with Crippen LogP contribution in [0.5, 0.6) is 0 Å². The van der Waals surface area contributed by atoms with Crippen LogP contribution in [0.2, 0.25) is 0 Å². The summed E-state index contributed by atoms with van der Waals surface area (Å²) in [6.07, 6.45) is 1.89. The maximum atomic E-state index is 4.33. The minimum absolute atomic E-state index is 0.0872. The van der Waals surface area contributed by atoms with Crippen molar-refractivity contribution >= 4 is 11.0 Å². The highest BCUT2D eigenvalue weighted by Crippen LogP contribution is 2.20. The summed E-state index contributed by atoms with van der Waals surface area (Å²) in [6, 6.07) is 8.93. The van der Waals surface area contributed by atoms with E-state index in [0.717, 1.165) is 11.0 Å². The Hall–Kier alpha value is -1.31. The maximum absolute atomic E-state index is 4.33. The topological polar surface area (TPSA) is 17.8 Å². The van der Waals surface area contributed by atoms with Crippen molar-refractivity contribution in [2.75, 3.05) is 0 Å². The van der Waals surface area contributed by atoms with Crippen LogP contribution in [-0.2, 0) is 5.54 Å². The number of hydrogen-bond acceptors (Lipinski definition) is 1. The SMILES string of the molecule is CC(C)(C)n1cnc2cc[c]cc21. The van der Waals surface area contributed by atoms with Crippen molar-refractivity contribution in [3.8, 4) is 0 Å². The monoisotopic (exact) mass is 173 g/mol. The molecule has 0 unspecified atom stereocenters. The summed E-state index contributed by atoms with van der Waals surface area (Å²) in [7, 11) is 0. The zero-order valence-electron chi connectivity index (χ0n) is 8.20. The van der Waals surface area contributed by atoms with E-state index in [1.807, 2.05) is 24.5 Å². The summed E-state index contributed by atoms with van der Waals surface area (Å²) in [6.45, 7) is 6.50. The molecule has 0 saturated carbocycles. The van der Waals surface area contributed by atoms with Gasteiger partial charge in [-0.2, -0.15) is 0 Å². The molecule has 1 heterocycles. The number of hydrogen-bond donors (Lipinski definition) is 0. The number of imidazole rings is 1. The fraction of sp³-hybridized carbons (Fsp3) is 0.364. The van der Waals surface area contributed by atoms with E-state index < -0.39 is 0 Å². The first-order valence-corrected chi connectivity index (χ1v) is 4.43. The van der Waals surface area contributed by atoms with Gasteiger partial charge in [-0.25, -0.2) is 4.98 Å². The van der Waals surface area contributed by atoms with E-state index in [1.54, 1.807) is 0 Å². The zero-order chi connectivity index (χ0) is 9.47. The molecule has 0 aliphatic heterocycles. The Morgan fingerprint density at radius 1 is 1.38 bits per heavy atom. The molecule has 2 aromatic rings. The van der Waals surface area contributed by atoms with Gasteiger partial charge in [0.2, 0.25) is 0 Å². The van der Waals surface area contributed by atoms with Gasteiger partial charge in [-0.1, -0.05) is 6.07 Å². The zero-order valence-corrected chi connectivity index (χ0v) is 8.20. The average Bonchev–Trinajstić information content (AvgIpc) is 2.45. The highest BCUT2D eigenvalue weighted by Gasteiger charge is 2.14. The van der Waals surface area contributed by atoms with Crippen molar-refractivity contribution in [3.63, 3.8) is 0 Å². The second kappa shape index (κ2) is 2.59. The van der Waals surface area contributed by atoms with Crippen molar-refractivity contribution in [1.82, 2.24) is 9.55 Å². The molecule has 2 nitrogen and oxygen atoms in total. The summed E-state index contributed by atoms with van der Waals surface area (Å²) in [5.41, 5.74) is 2.27. The quantitative estimate of drug-likeness (QED) is 0.598. The van der Waals surface area contributed by atoms with Gasteiger partial charge in [-0.05, 0) is 39.0 Å². The largest absolute Gasteiger partial charge is 0.325 e. The molecule has 0 bridgehead atoms. The van der Waals surface area contributed by atoms with Crippen LogP contribution >= 0.6 is 0 Å². The molecule has 0 aliphatic carbocycles. The Labute approximate surface area is 78.2 Å². The molecule has 2 heteroatoms. The first-order valence-electron chi connectivity index (χ1n) is 4.43. The Morgan fingerprint density at radius 3 is 2.85 bits per heavy atom. The van der Waals surface area contributed by atoms with Gasteiger partial charge < -0.3 is 4.57 Å². The van der Waals surface area contributed by atoms with Gasteiger partial charge in [0.1, 0.15) is 0 Å². The van der Waals surface area contributed by atoms with Gasteiger partial charge in [-0.3, -0.25) is 0 Å². The second-order valence-corrected chi connectivity index (χ2v) is 4.20. The van der Waals surface area contributed by atoms with E-state index in [2.05, 4.69) is 36.4 Å². The van der Waals surface area contributed by atoms with Gasteiger partial charge in [0.15, 0.2) is 0 Å². The lowest BCUT2D eigenvalue weighted by Crippen LogP contribution is -2.20. The van der Waals surface area contributed by atoms with E-state index in [0.29, 0.717) is 0 Å². The minimum Gasteiger partial charge on any atom is -0.325 e.